The Hall–Kier alpha value is 1.45. The summed E-state index contributed by atoms with van der Waals surface area (Å²) in [5, 5.41) is 0. The Morgan fingerprint density at radius 1 is 0.273 bits per heavy atom. The molecule has 0 aliphatic heterocycles. The smallest absolute Gasteiger partial charge is 0 e. The van der Waals surface area contributed by atoms with Gasteiger partial charge in [-0.05, 0) is 0 Å². The van der Waals surface area contributed by atoms with Crippen LogP contribution >= 0.6 is 0 Å². The Morgan fingerprint density at radius 2 is 0.273 bits per heavy atom. The minimum atomic E-state index is 0. The van der Waals surface area contributed by atoms with Crippen LogP contribution in [0.4, 0.5) is 0 Å². The van der Waals surface area contributed by atoms with Gasteiger partial charge in [0.25, 0.3) is 0 Å². The van der Waals surface area contributed by atoms with E-state index in [4.69, 9.17) is 0 Å². The molecule has 75 valence electrons. The second-order valence-corrected chi connectivity index (χ2v) is 0. The largest absolute Gasteiger partial charge is 0.412 e. The molecule has 0 spiro atoms. The van der Waals surface area contributed by atoms with Gasteiger partial charge >= 0.3 is 0 Å². The molecule has 0 aromatic carbocycles. The summed E-state index contributed by atoms with van der Waals surface area (Å²) >= 11 is 0. The van der Waals surface area contributed by atoms with Crippen molar-refractivity contribution in [3.63, 3.8) is 0 Å². The number of hydrogen-bond acceptors (Lipinski definition) is 0. The molecule has 0 saturated carbocycles. The molecule has 0 aliphatic carbocycles. The third kappa shape index (κ3) is 487. The summed E-state index contributed by atoms with van der Waals surface area (Å²) in [6.07, 6.45) is 0. The minimum Gasteiger partial charge on any atom is -0.412 e. The predicted molar refractivity (Wildman–Crippen MR) is 33.2 cm³/mol. The summed E-state index contributed by atoms with van der Waals surface area (Å²) in [5.41, 5.74) is 0. The van der Waals surface area contributed by atoms with Gasteiger partial charge in [-0.3, -0.25) is 0 Å². The van der Waals surface area contributed by atoms with Gasteiger partial charge in [-0.2, -0.15) is 0 Å². The average molecular weight is 295 g/mol. The van der Waals surface area contributed by atoms with Crippen molar-refractivity contribution in [2.24, 2.45) is 0 Å². The number of hydrogen-bond donors (Lipinski definition) is 0. The molecule has 12 N–H and O–H groups in total. The summed E-state index contributed by atoms with van der Waals surface area (Å²) < 4.78 is 0. The topological polar surface area (TPSA) is 189 Å². The van der Waals surface area contributed by atoms with Crippen LogP contribution in [0, 0.1) is 0 Å². The molecular weight excluding hydrogens is 282 g/mol. The molecule has 0 unspecified atom stereocenters. The third-order valence-corrected chi connectivity index (χ3v) is 0. The molecule has 0 bridgehead atoms. The van der Waals surface area contributed by atoms with E-state index in [1.165, 1.54) is 0 Å². The third-order valence-electron chi connectivity index (χ3n) is 0. The fourth-order valence-corrected chi connectivity index (χ4v) is 0. The van der Waals surface area contributed by atoms with Gasteiger partial charge in [0.15, 0.2) is 0 Å². The summed E-state index contributed by atoms with van der Waals surface area (Å²) in [6.45, 7) is 0. The monoisotopic (exact) mass is 295 g/mol. The molecule has 0 aromatic rings. The quantitative estimate of drug-likeness (QED) is 0.385. The van der Waals surface area contributed by atoms with Crippen LogP contribution < -0.4 is 0 Å². The zero-order valence-corrected chi connectivity index (χ0v) is 8.83. The molecule has 0 atom stereocenters. The zero-order valence-electron chi connectivity index (χ0n) is 5.29. The summed E-state index contributed by atoms with van der Waals surface area (Å²) in [6, 6.07) is 0. The Labute approximate surface area is 101 Å². The zero-order chi connectivity index (χ0) is 0. The molecule has 9 radical (unpaired) electrons. The van der Waals surface area contributed by atoms with Crippen molar-refractivity contribution in [1.82, 2.24) is 0 Å². The van der Waals surface area contributed by atoms with Gasteiger partial charge < -0.3 is 32.9 Å². The Kier molecular flexibility index (Phi) is 42100. The fraction of sp³-hybridized carbons (Fsp3) is 0. The molecular formula is H12B2Mn3O6. The molecule has 11 heavy (non-hydrogen) atoms. The average Bonchev–Trinajstić information content (AvgIpc) is 0. The maximum Gasteiger partial charge on any atom is 0 e. The first-order chi connectivity index (χ1) is 0. The van der Waals surface area contributed by atoms with E-state index in [9.17, 15) is 0 Å². The summed E-state index contributed by atoms with van der Waals surface area (Å²) in [4.78, 5) is 0. The van der Waals surface area contributed by atoms with Crippen molar-refractivity contribution in [3.8, 4) is 0 Å². The Morgan fingerprint density at radius 3 is 0.273 bits per heavy atom. The van der Waals surface area contributed by atoms with E-state index in [2.05, 4.69) is 0 Å². The molecule has 6 nitrogen and oxygen atoms in total. The van der Waals surface area contributed by atoms with Crippen LogP contribution in [0.5, 0.6) is 0 Å². The summed E-state index contributed by atoms with van der Waals surface area (Å²) in [7, 11) is 0. The van der Waals surface area contributed by atoms with Crippen LogP contribution in [-0.2, 0) is 51.2 Å². The Bertz CT molecular complexity index is 15.8. The maximum absolute atomic E-state index is 0. The van der Waals surface area contributed by atoms with Gasteiger partial charge in [0, 0.05) is 68.0 Å². The van der Waals surface area contributed by atoms with E-state index in [-0.39, 0.29) is 101 Å². The minimum absolute atomic E-state index is 0. The van der Waals surface area contributed by atoms with Crippen molar-refractivity contribution >= 4 is 16.8 Å². The van der Waals surface area contributed by atoms with E-state index in [1.54, 1.807) is 0 Å². The maximum atomic E-state index is 0. The second-order valence-electron chi connectivity index (χ2n) is 0. The molecule has 0 saturated heterocycles. The van der Waals surface area contributed by atoms with Crippen molar-refractivity contribution in [2.45, 2.75) is 0 Å². The normalized spacial score (nSPS) is 0. The van der Waals surface area contributed by atoms with E-state index in [0.717, 1.165) is 0 Å². The van der Waals surface area contributed by atoms with E-state index >= 15 is 0 Å². The molecule has 0 heterocycles. The van der Waals surface area contributed by atoms with Crippen LogP contribution in [0.25, 0.3) is 0 Å². The van der Waals surface area contributed by atoms with E-state index in [1.807, 2.05) is 0 Å². The Balaban J connectivity index is 0. The SMILES string of the molecule is O.O.O.O.O.O.[B].[B].[Mn].[Mn].[Mn]. The predicted octanol–water partition coefficient (Wildman–Crippen LogP) is -5.72. The van der Waals surface area contributed by atoms with Gasteiger partial charge in [0.05, 0.1) is 0 Å². The van der Waals surface area contributed by atoms with Crippen molar-refractivity contribution < 1.29 is 84.1 Å². The fourth-order valence-electron chi connectivity index (χ4n) is 0. The first kappa shape index (κ1) is 778. The molecule has 11 heteroatoms. The molecule has 0 aliphatic rings. The van der Waals surface area contributed by atoms with E-state index in [0.29, 0.717) is 0 Å². The van der Waals surface area contributed by atoms with Crippen molar-refractivity contribution in [1.29, 1.82) is 0 Å². The standard InChI is InChI=1S/2B.3Mn.6H2O/h;;;;;6*1H2. The van der Waals surface area contributed by atoms with Gasteiger partial charge in [-0.15, -0.1) is 0 Å². The van der Waals surface area contributed by atoms with Gasteiger partial charge in [-0.25, -0.2) is 0 Å². The van der Waals surface area contributed by atoms with Gasteiger partial charge in [0.1, 0.15) is 0 Å². The van der Waals surface area contributed by atoms with Crippen LogP contribution in [0.3, 0.4) is 0 Å². The van der Waals surface area contributed by atoms with Crippen LogP contribution in [-0.4, -0.2) is 49.7 Å². The molecule has 0 aromatic heterocycles. The summed E-state index contributed by atoms with van der Waals surface area (Å²) in [5.74, 6) is 0. The van der Waals surface area contributed by atoms with Crippen molar-refractivity contribution in [2.75, 3.05) is 0 Å². The molecule has 0 amide bonds. The molecule has 0 rings (SSSR count). The van der Waals surface area contributed by atoms with Crippen LogP contribution in [0.15, 0.2) is 0 Å². The van der Waals surface area contributed by atoms with E-state index < -0.39 is 0 Å². The number of rotatable bonds is 0. The van der Waals surface area contributed by atoms with Crippen LogP contribution in [0.1, 0.15) is 0 Å². The van der Waals surface area contributed by atoms with Gasteiger partial charge in [-0.1, -0.05) is 0 Å². The van der Waals surface area contributed by atoms with Crippen LogP contribution in [0.2, 0.25) is 0 Å². The van der Waals surface area contributed by atoms with Crippen molar-refractivity contribution in [3.05, 3.63) is 0 Å². The first-order valence-electron chi connectivity index (χ1n) is 0. The first-order valence-corrected chi connectivity index (χ1v) is 0. The van der Waals surface area contributed by atoms with Gasteiger partial charge in [0.2, 0.25) is 0 Å². The molecule has 0 fully saturated rings. The second kappa shape index (κ2) is 596.